The second kappa shape index (κ2) is 11.5. The molecule has 0 spiro atoms. The number of nitrogens with zero attached hydrogens (tertiary/aromatic N) is 2. The summed E-state index contributed by atoms with van der Waals surface area (Å²) in [4.78, 5) is 47.9. The van der Waals surface area contributed by atoms with Crippen LogP contribution in [0.5, 0.6) is 11.5 Å². The van der Waals surface area contributed by atoms with Gasteiger partial charge >= 0.3 is 34.0 Å². The molecule has 14 nitrogen and oxygen atoms in total. The molecule has 40 heavy (non-hydrogen) atoms. The number of benzene rings is 2. The first-order chi connectivity index (χ1) is 18.6. The highest BCUT2D eigenvalue weighted by Crippen LogP contribution is 2.51. The van der Waals surface area contributed by atoms with Crippen molar-refractivity contribution in [2.24, 2.45) is 0 Å². The second-order valence-electron chi connectivity index (χ2n) is 9.42. The van der Waals surface area contributed by atoms with E-state index in [-0.39, 0.29) is 39.3 Å². The molecule has 2 aromatic rings. The molecule has 1 atom stereocenters. The molecule has 0 bridgehead atoms. The number of fused-ring (bicyclic) bond motifs is 1. The highest BCUT2D eigenvalue weighted by atomic mass is 32.2. The third-order valence-corrected chi connectivity index (χ3v) is 8.35. The first-order valence-corrected chi connectivity index (χ1v) is 13.2. The number of para-hydroxylation sites is 1. The Morgan fingerprint density at radius 2 is 1.32 bits per heavy atom. The van der Waals surface area contributed by atoms with Crippen LogP contribution in [0.15, 0.2) is 30.3 Å². The van der Waals surface area contributed by atoms with E-state index in [1.807, 2.05) is 0 Å². The van der Waals surface area contributed by atoms with Gasteiger partial charge in [-0.25, -0.2) is 0 Å². The van der Waals surface area contributed by atoms with Crippen LogP contribution in [0.25, 0.3) is 0 Å². The SMILES string of the molecule is Cc1cc(C2(CN(CC(=O)O)CC(=O)O)c3ccccc3OS2(=O)=O)c(C)c(CN(CC(=O)O)CC(=O)O)c1O. The van der Waals surface area contributed by atoms with Crippen LogP contribution >= 0.6 is 0 Å². The Labute approximate surface area is 228 Å². The minimum absolute atomic E-state index is 0.0223. The van der Waals surface area contributed by atoms with Gasteiger partial charge in [0.05, 0.1) is 26.2 Å². The number of phenols is 1. The Balaban J connectivity index is 2.34. The van der Waals surface area contributed by atoms with Gasteiger partial charge in [-0.15, -0.1) is 0 Å². The van der Waals surface area contributed by atoms with Crippen molar-refractivity contribution in [1.82, 2.24) is 9.80 Å². The summed E-state index contributed by atoms with van der Waals surface area (Å²) in [6, 6.07) is 7.24. The van der Waals surface area contributed by atoms with Gasteiger partial charge in [0.15, 0.2) is 4.75 Å². The lowest BCUT2D eigenvalue weighted by Crippen LogP contribution is -2.49. The van der Waals surface area contributed by atoms with E-state index in [1.54, 1.807) is 0 Å². The molecule has 1 heterocycles. The number of aromatic hydroxyl groups is 1. The van der Waals surface area contributed by atoms with Gasteiger partial charge < -0.3 is 29.7 Å². The summed E-state index contributed by atoms with van der Waals surface area (Å²) in [5.41, 5.74) is 0.456. The van der Waals surface area contributed by atoms with Crippen LogP contribution in [-0.2, 0) is 40.6 Å². The Hall–Kier alpha value is -4.21. The van der Waals surface area contributed by atoms with Gasteiger partial charge in [-0.1, -0.05) is 24.3 Å². The normalized spacial score (nSPS) is 17.4. The summed E-state index contributed by atoms with van der Waals surface area (Å²) in [6.07, 6.45) is 0. The first-order valence-electron chi connectivity index (χ1n) is 11.8. The lowest BCUT2D eigenvalue weighted by molar-refractivity contribution is -0.144. The van der Waals surface area contributed by atoms with Gasteiger partial charge in [0, 0.05) is 24.2 Å². The molecular formula is C25H28N2O12S. The van der Waals surface area contributed by atoms with E-state index in [0.29, 0.717) is 0 Å². The minimum atomic E-state index is -4.67. The lowest BCUT2D eigenvalue weighted by atomic mass is 9.83. The van der Waals surface area contributed by atoms with Crippen molar-refractivity contribution in [2.45, 2.75) is 25.1 Å². The standard InChI is InChI=1S/C25H28N2O12S/c1-14-7-18(15(2)16(24(14)36)8-26(9-20(28)29)10-21(30)31)25(13-27(11-22(32)33)12-23(34)35)17-5-3-4-6-19(17)39-40(25,37)38/h3-7,36H,8-13H2,1-2H3,(H,28,29)(H,30,31)(H,32,33)(H,34,35). The Bertz CT molecular complexity index is 1440. The number of carboxylic acids is 4. The summed E-state index contributed by atoms with van der Waals surface area (Å²) in [5, 5.41) is 48.3. The fourth-order valence-corrected chi connectivity index (χ4v) is 6.73. The van der Waals surface area contributed by atoms with Crippen LogP contribution in [0.1, 0.15) is 27.8 Å². The van der Waals surface area contributed by atoms with Crippen molar-refractivity contribution < 1.29 is 57.3 Å². The van der Waals surface area contributed by atoms with Crippen LogP contribution in [-0.4, -0.2) is 100 Å². The van der Waals surface area contributed by atoms with Crippen LogP contribution in [0, 0.1) is 13.8 Å². The highest BCUT2D eigenvalue weighted by molar-refractivity contribution is 7.88. The van der Waals surface area contributed by atoms with Gasteiger partial charge in [0.1, 0.15) is 11.5 Å². The molecule has 5 N–H and O–H groups in total. The fraction of sp³-hybridized carbons (Fsp3) is 0.360. The number of aryl methyl sites for hydroxylation is 1. The Morgan fingerprint density at radius 3 is 1.85 bits per heavy atom. The predicted octanol–water partition coefficient (Wildman–Crippen LogP) is 0.417. The third kappa shape index (κ3) is 6.00. The first kappa shape index (κ1) is 30.3. The zero-order valence-corrected chi connectivity index (χ0v) is 22.3. The molecule has 15 heteroatoms. The van der Waals surface area contributed by atoms with Crippen molar-refractivity contribution in [1.29, 1.82) is 0 Å². The number of aliphatic carboxylic acids is 4. The van der Waals surface area contributed by atoms with Crippen molar-refractivity contribution in [2.75, 3.05) is 32.7 Å². The van der Waals surface area contributed by atoms with E-state index in [2.05, 4.69) is 0 Å². The molecule has 216 valence electrons. The molecule has 1 aliphatic heterocycles. The zero-order chi connectivity index (χ0) is 30.0. The van der Waals surface area contributed by atoms with E-state index in [4.69, 9.17) is 4.18 Å². The van der Waals surface area contributed by atoms with Gasteiger partial charge in [-0.3, -0.25) is 29.0 Å². The number of carbonyl (C=O) groups is 4. The number of hydrogen-bond donors (Lipinski definition) is 5. The minimum Gasteiger partial charge on any atom is -0.507 e. The number of carboxylic acid groups (broad SMARTS) is 4. The smallest absolute Gasteiger partial charge is 0.325 e. The molecule has 1 aliphatic rings. The molecule has 0 saturated carbocycles. The topological polar surface area (TPSA) is 219 Å². The van der Waals surface area contributed by atoms with E-state index >= 15 is 0 Å². The van der Waals surface area contributed by atoms with E-state index in [9.17, 15) is 53.1 Å². The zero-order valence-electron chi connectivity index (χ0n) is 21.5. The van der Waals surface area contributed by atoms with Gasteiger partial charge in [-0.05, 0) is 36.6 Å². The largest absolute Gasteiger partial charge is 0.507 e. The molecule has 0 aliphatic carbocycles. The third-order valence-electron chi connectivity index (χ3n) is 6.52. The lowest BCUT2D eigenvalue weighted by Gasteiger charge is -2.35. The monoisotopic (exact) mass is 580 g/mol. The summed E-state index contributed by atoms with van der Waals surface area (Å²) in [7, 11) is -4.67. The van der Waals surface area contributed by atoms with Gasteiger partial charge in [0.2, 0.25) is 0 Å². The molecule has 0 aromatic heterocycles. The van der Waals surface area contributed by atoms with Crippen molar-refractivity contribution in [3.05, 3.63) is 58.1 Å². The maximum absolute atomic E-state index is 13.8. The Kier molecular flexibility index (Phi) is 8.72. The van der Waals surface area contributed by atoms with Crippen LogP contribution in [0.3, 0.4) is 0 Å². The van der Waals surface area contributed by atoms with Crippen LogP contribution in [0.4, 0.5) is 0 Å². The molecule has 0 amide bonds. The van der Waals surface area contributed by atoms with Crippen LogP contribution in [0.2, 0.25) is 0 Å². The summed E-state index contributed by atoms with van der Waals surface area (Å²) in [6.45, 7) is -1.20. The fourth-order valence-electron chi connectivity index (χ4n) is 4.95. The number of rotatable bonds is 13. The second-order valence-corrected chi connectivity index (χ2v) is 11.2. The van der Waals surface area contributed by atoms with Crippen molar-refractivity contribution >= 4 is 34.0 Å². The summed E-state index contributed by atoms with van der Waals surface area (Å²) >= 11 is 0. The molecule has 2 aromatic carbocycles. The van der Waals surface area contributed by atoms with Gasteiger partial charge in [0.25, 0.3) is 0 Å². The molecule has 1 unspecified atom stereocenters. The molecule has 0 radical (unpaired) electrons. The predicted molar refractivity (Wildman–Crippen MR) is 137 cm³/mol. The van der Waals surface area contributed by atoms with Crippen LogP contribution < -0.4 is 4.18 Å². The number of hydrogen-bond acceptors (Lipinski definition) is 10. The maximum Gasteiger partial charge on any atom is 0.325 e. The van der Waals surface area contributed by atoms with E-state index in [0.717, 1.165) is 9.80 Å². The quantitative estimate of drug-likeness (QED) is 0.203. The van der Waals surface area contributed by atoms with Crippen molar-refractivity contribution in [3.8, 4) is 11.5 Å². The van der Waals surface area contributed by atoms with Gasteiger partial charge in [-0.2, -0.15) is 8.42 Å². The summed E-state index contributed by atoms with van der Waals surface area (Å²) in [5.74, 6) is -5.85. The summed E-state index contributed by atoms with van der Waals surface area (Å²) < 4.78 is 30.9. The van der Waals surface area contributed by atoms with Crippen molar-refractivity contribution in [3.63, 3.8) is 0 Å². The molecule has 0 fully saturated rings. The maximum atomic E-state index is 13.8. The van der Waals surface area contributed by atoms with E-state index < -0.39 is 78.0 Å². The number of phenolic OH excluding ortho intramolecular Hbond substituents is 1. The molecular weight excluding hydrogens is 552 g/mol. The molecule has 0 saturated heterocycles. The Morgan fingerprint density at radius 1 is 0.825 bits per heavy atom. The highest BCUT2D eigenvalue weighted by Gasteiger charge is 2.57. The average molecular weight is 581 g/mol. The average Bonchev–Trinajstić information content (AvgIpc) is 3.03. The van der Waals surface area contributed by atoms with E-state index in [1.165, 1.54) is 44.2 Å². The molecule has 3 rings (SSSR count).